The van der Waals surface area contributed by atoms with Crippen LogP contribution in [0.2, 0.25) is 0 Å². The van der Waals surface area contributed by atoms with Crippen LogP contribution in [0, 0.1) is 0 Å². The molecule has 1 aliphatic heterocycles. The van der Waals surface area contributed by atoms with Gasteiger partial charge in [-0.15, -0.1) is 0 Å². The minimum Gasteiger partial charge on any atom is -0.611 e. The number of methoxy groups -OCH3 is 1. The standard InChI is InChI=1S/C36H38N2O5S/c1-3-5-26-19-20-37-23-30(26)25-44(40)34-15-11-31(12-16-34)38-36(39)18-10-29-22-28(9-17-35(29)41-2)27-7-13-32(14-8-27)43-33-6-4-21-42-24-33/h7-20,22-23,33H,3-6,21,24-25H2,1-2H3,(H,38,39)/b18-10+. The fraction of sp³-hybridized carbons (Fsp3) is 0.278. The zero-order valence-electron chi connectivity index (χ0n) is 25.2. The van der Waals surface area contributed by atoms with Gasteiger partial charge in [0.1, 0.15) is 23.4 Å². The van der Waals surface area contributed by atoms with E-state index in [0.717, 1.165) is 60.3 Å². The summed E-state index contributed by atoms with van der Waals surface area (Å²) in [4.78, 5) is 17.7. The summed E-state index contributed by atoms with van der Waals surface area (Å²) in [5.41, 5.74) is 5.62. The third-order valence-corrected chi connectivity index (χ3v) is 8.82. The zero-order valence-corrected chi connectivity index (χ0v) is 26.0. The highest BCUT2D eigenvalue weighted by atomic mass is 32.2. The lowest BCUT2D eigenvalue weighted by Crippen LogP contribution is -2.27. The Morgan fingerprint density at radius 1 is 1.07 bits per heavy atom. The molecule has 4 aromatic rings. The van der Waals surface area contributed by atoms with Gasteiger partial charge in [-0.3, -0.25) is 9.78 Å². The van der Waals surface area contributed by atoms with Crippen LogP contribution in [0.3, 0.4) is 0 Å². The number of aromatic nitrogens is 1. The lowest BCUT2D eigenvalue weighted by Gasteiger charge is -2.23. The van der Waals surface area contributed by atoms with Gasteiger partial charge in [0.05, 0.1) is 13.7 Å². The van der Waals surface area contributed by atoms with Crippen LogP contribution >= 0.6 is 0 Å². The number of nitrogens with zero attached hydrogens (tertiary/aromatic N) is 1. The first-order valence-electron chi connectivity index (χ1n) is 14.9. The van der Waals surface area contributed by atoms with Gasteiger partial charge >= 0.3 is 0 Å². The molecular formula is C36H38N2O5S. The lowest BCUT2D eigenvalue weighted by molar-refractivity contribution is -0.111. The number of rotatable bonds is 12. The quantitative estimate of drug-likeness (QED) is 0.134. The van der Waals surface area contributed by atoms with Crippen molar-refractivity contribution in [1.29, 1.82) is 0 Å². The number of aryl methyl sites for hydroxylation is 1. The summed E-state index contributed by atoms with van der Waals surface area (Å²) in [5.74, 6) is 1.62. The van der Waals surface area contributed by atoms with Crippen molar-refractivity contribution in [3.8, 4) is 22.6 Å². The number of hydrogen-bond donors (Lipinski definition) is 1. The molecule has 8 heteroatoms. The van der Waals surface area contributed by atoms with E-state index in [1.54, 1.807) is 49.8 Å². The van der Waals surface area contributed by atoms with Crippen molar-refractivity contribution in [3.05, 3.63) is 108 Å². The molecule has 1 N–H and O–H groups in total. The average Bonchev–Trinajstić information content (AvgIpc) is 3.06. The fourth-order valence-electron chi connectivity index (χ4n) is 5.13. The lowest BCUT2D eigenvalue weighted by atomic mass is 10.0. The Bertz CT molecular complexity index is 1550. The number of hydrogen-bond acceptors (Lipinski definition) is 6. The highest BCUT2D eigenvalue weighted by molar-refractivity contribution is 7.90. The van der Waals surface area contributed by atoms with Crippen LogP contribution in [0.1, 0.15) is 42.9 Å². The molecule has 0 spiro atoms. The van der Waals surface area contributed by atoms with Crippen molar-refractivity contribution in [3.63, 3.8) is 0 Å². The first-order chi connectivity index (χ1) is 21.5. The molecule has 2 heterocycles. The maximum Gasteiger partial charge on any atom is 0.248 e. The Labute approximate surface area is 262 Å². The Hall–Kier alpha value is -4.11. The van der Waals surface area contributed by atoms with Gasteiger partial charge in [-0.25, -0.2) is 0 Å². The summed E-state index contributed by atoms with van der Waals surface area (Å²) in [7, 11) is 1.61. The zero-order chi connectivity index (χ0) is 30.7. The van der Waals surface area contributed by atoms with Crippen LogP contribution in [-0.4, -0.2) is 41.9 Å². The van der Waals surface area contributed by atoms with Crippen molar-refractivity contribution in [1.82, 2.24) is 4.98 Å². The second-order valence-electron chi connectivity index (χ2n) is 10.7. The highest BCUT2D eigenvalue weighted by Crippen LogP contribution is 2.30. The van der Waals surface area contributed by atoms with Crippen LogP contribution in [0.4, 0.5) is 5.69 Å². The van der Waals surface area contributed by atoms with E-state index in [9.17, 15) is 9.35 Å². The molecular weight excluding hydrogens is 572 g/mol. The molecule has 3 aromatic carbocycles. The van der Waals surface area contributed by atoms with E-state index in [0.29, 0.717) is 28.7 Å². The summed E-state index contributed by atoms with van der Waals surface area (Å²) in [6.45, 7) is 3.56. The maximum atomic E-state index is 13.0. The number of carbonyl (C=O) groups excluding carboxylic acids is 1. The molecule has 0 aliphatic carbocycles. The third kappa shape index (κ3) is 8.50. The van der Waals surface area contributed by atoms with E-state index in [4.69, 9.17) is 14.2 Å². The largest absolute Gasteiger partial charge is 0.611 e. The molecule has 7 nitrogen and oxygen atoms in total. The molecule has 1 fully saturated rings. The molecule has 5 rings (SSSR count). The van der Waals surface area contributed by atoms with Gasteiger partial charge in [0.25, 0.3) is 0 Å². The van der Waals surface area contributed by atoms with E-state index in [-0.39, 0.29) is 12.0 Å². The Morgan fingerprint density at radius 2 is 1.86 bits per heavy atom. The van der Waals surface area contributed by atoms with Gasteiger partial charge in [0, 0.05) is 41.9 Å². The number of ether oxygens (including phenoxy) is 3. The van der Waals surface area contributed by atoms with Crippen molar-refractivity contribution >= 4 is 28.8 Å². The summed E-state index contributed by atoms with van der Waals surface area (Å²) < 4.78 is 30.1. The number of benzene rings is 3. The van der Waals surface area contributed by atoms with Crippen LogP contribution < -0.4 is 14.8 Å². The summed E-state index contributed by atoms with van der Waals surface area (Å²) >= 11 is -1.22. The predicted molar refractivity (Wildman–Crippen MR) is 175 cm³/mol. The highest BCUT2D eigenvalue weighted by Gasteiger charge is 2.16. The fourth-order valence-corrected chi connectivity index (χ4v) is 6.28. The van der Waals surface area contributed by atoms with Crippen molar-refractivity contribution in [2.75, 3.05) is 25.6 Å². The van der Waals surface area contributed by atoms with Gasteiger partial charge in [-0.05, 0) is 108 Å². The minimum atomic E-state index is -1.22. The van der Waals surface area contributed by atoms with Crippen LogP contribution in [0.15, 0.2) is 96.2 Å². The van der Waals surface area contributed by atoms with E-state index in [2.05, 4.69) is 17.2 Å². The van der Waals surface area contributed by atoms with Crippen molar-refractivity contribution in [2.24, 2.45) is 0 Å². The number of pyridine rings is 1. The Balaban J connectivity index is 1.20. The third-order valence-electron chi connectivity index (χ3n) is 7.45. The average molecular weight is 611 g/mol. The molecule has 1 aromatic heterocycles. The van der Waals surface area contributed by atoms with Crippen LogP contribution in [-0.2, 0) is 32.9 Å². The summed E-state index contributed by atoms with van der Waals surface area (Å²) in [6.07, 6.45) is 10.9. The normalized spacial score (nSPS) is 15.6. The molecule has 0 saturated carbocycles. The minimum absolute atomic E-state index is 0.0941. The molecule has 1 saturated heterocycles. The second kappa shape index (κ2) is 15.6. The number of amides is 1. The molecule has 1 amide bonds. The van der Waals surface area contributed by atoms with Crippen molar-refractivity contribution in [2.45, 2.75) is 49.4 Å². The molecule has 2 atom stereocenters. The molecule has 0 bridgehead atoms. The molecule has 2 unspecified atom stereocenters. The summed E-state index contributed by atoms with van der Waals surface area (Å²) in [5, 5.41) is 2.88. The van der Waals surface area contributed by atoms with Gasteiger partial charge in [0.2, 0.25) is 5.91 Å². The monoisotopic (exact) mass is 610 g/mol. The first kappa shape index (κ1) is 31.3. The maximum absolute atomic E-state index is 13.0. The van der Waals surface area contributed by atoms with E-state index < -0.39 is 11.2 Å². The topological polar surface area (TPSA) is 92.7 Å². The van der Waals surface area contributed by atoms with E-state index in [1.807, 2.05) is 48.5 Å². The SMILES string of the molecule is CCCc1ccncc1C[S+]([O-])c1ccc(NC(=O)/C=C/c2cc(-c3ccc(OC4CCCOC4)cc3)ccc2OC)cc1. The van der Waals surface area contributed by atoms with Crippen molar-refractivity contribution < 1.29 is 23.6 Å². The predicted octanol–water partition coefficient (Wildman–Crippen LogP) is 7.23. The Morgan fingerprint density at radius 3 is 2.59 bits per heavy atom. The van der Waals surface area contributed by atoms with E-state index in [1.165, 1.54) is 11.6 Å². The van der Waals surface area contributed by atoms with Gasteiger partial charge in [-0.2, -0.15) is 0 Å². The Kier molecular flexibility index (Phi) is 11.1. The summed E-state index contributed by atoms with van der Waals surface area (Å²) in [6, 6.07) is 23.0. The first-order valence-corrected chi connectivity index (χ1v) is 16.3. The number of anilines is 1. The molecule has 44 heavy (non-hydrogen) atoms. The van der Waals surface area contributed by atoms with E-state index >= 15 is 0 Å². The van der Waals surface area contributed by atoms with Crippen LogP contribution in [0.25, 0.3) is 17.2 Å². The number of carbonyl (C=O) groups is 1. The van der Waals surface area contributed by atoms with Gasteiger partial charge in [-0.1, -0.05) is 31.5 Å². The number of nitrogens with one attached hydrogen (secondary N) is 1. The van der Waals surface area contributed by atoms with Gasteiger partial charge < -0.3 is 24.1 Å². The smallest absolute Gasteiger partial charge is 0.248 e. The van der Waals surface area contributed by atoms with Gasteiger partial charge in [0.15, 0.2) is 4.90 Å². The molecule has 0 radical (unpaired) electrons. The molecule has 1 aliphatic rings. The van der Waals surface area contributed by atoms with Crippen LogP contribution in [0.5, 0.6) is 11.5 Å². The second-order valence-corrected chi connectivity index (χ2v) is 12.1. The molecule has 228 valence electrons.